The van der Waals surface area contributed by atoms with Gasteiger partial charge in [-0.05, 0) is 32.1 Å². The second-order valence-corrected chi connectivity index (χ2v) is 24.7. The summed E-state index contributed by atoms with van der Waals surface area (Å²) in [6.07, 6.45) is 50.0. The van der Waals surface area contributed by atoms with Crippen molar-refractivity contribution in [3.05, 3.63) is 24.3 Å². The first-order valence-corrected chi connectivity index (χ1v) is 34.6. The van der Waals surface area contributed by atoms with E-state index in [4.69, 9.17) is 18.9 Å². The second-order valence-electron chi connectivity index (χ2n) is 24.7. The van der Waals surface area contributed by atoms with Crippen molar-refractivity contribution in [3.8, 4) is 0 Å². The molecule has 2 aliphatic heterocycles. The van der Waals surface area contributed by atoms with Crippen molar-refractivity contribution in [1.82, 2.24) is 5.32 Å². The highest BCUT2D eigenvalue weighted by Gasteiger charge is 2.51. The van der Waals surface area contributed by atoms with Gasteiger partial charge in [-0.25, -0.2) is 0 Å². The smallest absolute Gasteiger partial charge is 0.220 e. The van der Waals surface area contributed by atoms with Gasteiger partial charge in [0.05, 0.1) is 32.0 Å². The lowest BCUT2D eigenvalue weighted by atomic mass is 9.97. The molecule has 9 N–H and O–H groups in total. The van der Waals surface area contributed by atoms with Crippen LogP contribution in [0.1, 0.15) is 309 Å². The van der Waals surface area contributed by atoms with Crippen LogP contribution < -0.4 is 5.32 Å². The molecule has 0 aromatic heterocycles. The fourth-order valence-corrected chi connectivity index (χ4v) is 11.6. The average Bonchev–Trinajstić information content (AvgIpc) is 3.57. The van der Waals surface area contributed by atoms with Crippen LogP contribution in [0.25, 0.3) is 0 Å². The summed E-state index contributed by atoms with van der Waals surface area (Å²) in [4.78, 5) is 13.3. The Bertz CT molecular complexity index is 1470. The van der Waals surface area contributed by atoms with Crippen molar-refractivity contribution in [2.45, 2.75) is 383 Å². The van der Waals surface area contributed by atoms with Crippen LogP contribution >= 0.6 is 0 Å². The molecule has 2 aliphatic rings. The summed E-state index contributed by atoms with van der Waals surface area (Å²) in [5.41, 5.74) is 0. The Morgan fingerprint density at radius 1 is 0.427 bits per heavy atom. The Hall–Kier alpha value is -1.53. The highest BCUT2D eigenvalue weighted by Crippen LogP contribution is 2.30. The third-order valence-corrected chi connectivity index (χ3v) is 17.1. The van der Waals surface area contributed by atoms with E-state index in [0.717, 1.165) is 32.1 Å². The Labute approximate surface area is 500 Å². The number of allylic oxidation sites excluding steroid dienone is 3. The van der Waals surface area contributed by atoms with Crippen molar-refractivity contribution in [2.24, 2.45) is 0 Å². The zero-order chi connectivity index (χ0) is 59.5. The molecule has 0 spiro atoms. The first-order chi connectivity index (χ1) is 40.1. The van der Waals surface area contributed by atoms with Crippen LogP contribution in [0.5, 0.6) is 0 Å². The molecular formula is C68H129NO13. The van der Waals surface area contributed by atoms with Gasteiger partial charge >= 0.3 is 0 Å². The predicted molar refractivity (Wildman–Crippen MR) is 332 cm³/mol. The molecule has 0 aliphatic carbocycles. The summed E-state index contributed by atoms with van der Waals surface area (Å²) < 4.78 is 22.8. The molecule has 2 heterocycles. The van der Waals surface area contributed by atoms with Gasteiger partial charge in [-0.15, -0.1) is 0 Å². The second kappa shape index (κ2) is 53.7. The number of hydrogen-bond donors (Lipinski definition) is 9. The van der Waals surface area contributed by atoms with Crippen molar-refractivity contribution >= 4 is 5.91 Å². The molecule has 82 heavy (non-hydrogen) atoms. The molecule has 0 saturated carbocycles. The summed E-state index contributed by atoms with van der Waals surface area (Å²) in [5.74, 6) is -0.244. The van der Waals surface area contributed by atoms with Crippen LogP contribution in [-0.4, -0.2) is 140 Å². The van der Waals surface area contributed by atoms with Crippen LogP contribution in [0.4, 0.5) is 0 Å². The standard InChI is InChI=1S/C68H129NO13/c1-3-5-7-9-11-13-15-17-18-19-20-21-22-23-24-25-26-27-28-29-30-31-32-33-34-35-36-37-38-39-40-42-44-46-48-50-52-60(73)69-56(57(72)51-49-47-45-43-41-16-14-12-10-8-6-4-2)55-79-67-65(78)63(76)66(59(54-71)81-67)82-68-64(77)62(75)61(74)58(53-70)80-68/h41,43,49,51,56-59,61-68,70-72,74-78H,3-40,42,44-48,50,52-55H2,1-2H3,(H,69,73)/b43-41+,51-49+. The first kappa shape index (κ1) is 76.6. The van der Waals surface area contributed by atoms with E-state index < -0.39 is 86.8 Å². The van der Waals surface area contributed by atoms with E-state index in [1.807, 2.05) is 6.08 Å². The molecule has 14 nitrogen and oxygen atoms in total. The Balaban J connectivity index is 1.56. The number of hydrogen-bond acceptors (Lipinski definition) is 13. The van der Waals surface area contributed by atoms with E-state index in [-0.39, 0.29) is 18.9 Å². The predicted octanol–water partition coefficient (Wildman–Crippen LogP) is 13.6. The molecule has 1 amide bonds. The number of carbonyl (C=O) groups excluding carboxylic acids is 1. The molecule has 2 rings (SSSR count). The first-order valence-electron chi connectivity index (χ1n) is 34.6. The quantitative estimate of drug-likeness (QED) is 0.0204. The minimum Gasteiger partial charge on any atom is -0.394 e. The molecular weight excluding hydrogens is 1040 g/mol. The number of carbonyl (C=O) groups is 1. The van der Waals surface area contributed by atoms with E-state index in [1.165, 1.54) is 244 Å². The number of amides is 1. The average molecular weight is 1170 g/mol. The summed E-state index contributed by atoms with van der Waals surface area (Å²) >= 11 is 0. The number of aliphatic hydroxyl groups is 8. The molecule has 0 bridgehead atoms. The molecule has 12 atom stereocenters. The van der Waals surface area contributed by atoms with Gasteiger partial charge in [-0.2, -0.15) is 0 Å². The highest BCUT2D eigenvalue weighted by molar-refractivity contribution is 5.76. The van der Waals surface area contributed by atoms with Crippen molar-refractivity contribution < 1.29 is 64.6 Å². The van der Waals surface area contributed by atoms with E-state index in [1.54, 1.807) is 6.08 Å². The zero-order valence-electron chi connectivity index (χ0n) is 52.5. The summed E-state index contributed by atoms with van der Waals surface area (Å²) in [5, 5.41) is 87.1. The fraction of sp³-hybridized carbons (Fsp3) is 0.926. The maximum atomic E-state index is 13.3. The van der Waals surface area contributed by atoms with Gasteiger partial charge in [-0.3, -0.25) is 4.79 Å². The molecule has 2 fully saturated rings. The maximum Gasteiger partial charge on any atom is 0.220 e. The largest absolute Gasteiger partial charge is 0.394 e. The van der Waals surface area contributed by atoms with Gasteiger partial charge in [-0.1, -0.05) is 295 Å². The van der Waals surface area contributed by atoms with Crippen molar-refractivity contribution in [3.63, 3.8) is 0 Å². The third kappa shape index (κ3) is 37.9. The van der Waals surface area contributed by atoms with Gasteiger partial charge < -0.3 is 65.1 Å². The Morgan fingerprint density at radius 2 is 0.780 bits per heavy atom. The summed E-state index contributed by atoms with van der Waals surface area (Å²) in [6.45, 7) is 2.79. The molecule has 484 valence electrons. The molecule has 0 aromatic carbocycles. The van der Waals surface area contributed by atoms with Crippen molar-refractivity contribution in [1.29, 1.82) is 0 Å². The minimum atomic E-state index is -1.79. The topological polar surface area (TPSA) is 228 Å². The van der Waals surface area contributed by atoms with E-state index in [2.05, 4.69) is 31.3 Å². The van der Waals surface area contributed by atoms with Gasteiger partial charge in [0.25, 0.3) is 0 Å². The Morgan fingerprint density at radius 3 is 1.20 bits per heavy atom. The van der Waals surface area contributed by atoms with Gasteiger partial charge in [0.2, 0.25) is 5.91 Å². The summed E-state index contributed by atoms with van der Waals surface area (Å²) in [7, 11) is 0. The fourth-order valence-electron chi connectivity index (χ4n) is 11.6. The number of unbranched alkanes of at least 4 members (excludes halogenated alkanes) is 42. The van der Waals surface area contributed by atoms with Gasteiger partial charge in [0.1, 0.15) is 48.8 Å². The Kier molecular flexibility index (Phi) is 50.1. The van der Waals surface area contributed by atoms with Crippen LogP contribution in [-0.2, 0) is 23.7 Å². The SMILES string of the molecule is CCCCCCCC/C=C/CC/C=C/C(O)C(COC1OC(CO)C(OC2OC(CO)C(O)C(O)C2O)C(O)C1O)NC(=O)CCCCCCCCCCCCCCCCCCCCCCCCCCCCCCCCCCCCCC. The molecule has 12 unspecified atom stereocenters. The zero-order valence-corrected chi connectivity index (χ0v) is 52.5. The van der Waals surface area contributed by atoms with E-state index >= 15 is 0 Å². The summed E-state index contributed by atoms with van der Waals surface area (Å²) in [6, 6.07) is -0.927. The number of ether oxygens (including phenoxy) is 4. The minimum absolute atomic E-state index is 0.244. The lowest BCUT2D eigenvalue weighted by Crippen LogP contribution is -2.65. The molecule has 0 aromatic rings. The van der Waals surface area contributed by atoms with Crippen LogP contribution in [0.2, 0.25) is 0 Å². The lowest BCUT2D eigenvalue weighted by molar-refractivity contribution is -0.359. The van der Waals surface area contributed by atoms with Gasteiger partial charge in [0, 0.05) is 6.42 Å². The molecule has 0 radical (unpaired) electrons. The molecule has 14 heteroatoms. The monoisotopic (exact) mass is 1170 g/mol. The van der Waals surface area contributed by atoms with Crippen LogP contribution in [0.15, 0.2) is 24.3 Å². The lowest BCUT2D eigenvalue weighted by Gasteiger charge is -2.46. The van der Waals surface area contributed by atoms with E-state index in [9.17, 15) is 45.6 Å². The van der Waals surface area contributed by atoms with Crippen LogP contribution in [0, 0.1) is 0 Å². The normalized spacial score (nSPS) is 24.0. The van der Waals surface area contributed by atoms with Crippen molar-refractivity contribution in [2.75, 3.05) is 19.8 Å². The third-order valence-electron chi connectivity index (χ3n) is 17.1. The highest BCUT2D eigenvalue weighted by atomic mass is 16.7. The number of rotatable bonds is 57. The number of aliphatic hydroxyl groups excluding tert-OH is 8. The van der Waals surface area contributed by atoms with E-state index in [0.29, 0.717) is 12.8 Å². The maximum absolute atomic E-state index is 13.3. The molecule has 2 saturated heterocycles. The number of nitrogens with one attached hydrogen (secondary N) is 1. The van der Waals surface area contributed by atoms with Gasteiger partial charge in [0.15, 0.2) is 12.6 Å². The van der Waals surface area contributed by atoms with Crippen LogP contribution in [0.3, 0.4) is 0 Å².